The lowest BCUT2D eigenvalue weighted by atomic mass is 10.1. The lowest BCUT2D eigenvalue weighted by molar-refractivity contribution is 0.0936. The van der Waals surface area contributed by atoms with Gasteiger partial charge in [0, 0.05) is 30.5 Å². The van der Waals surface area contributed by atoms with Gasteiger partial charge in [-0.3, -0.25) is 4.79 Å². The Balaban J connectivity index is 0.00000242. The van der Waals surface area contributed by atoms with Gasteiger partial charge in [0.05, 0.1) is 5.69 Å². The number of unbranched alkanes of at least 4 members (excludes halogenated alkanes) is 1. The maximum atomic E-state index is 12.2. The molecule has 22 heavy (non-hydrogen) atoms. The Kier molecular flexibility index (Phi) is 7.63. The zero-order chi connectivity index (χ0) is 15.1. The summed E-state index contributed by atoms with van der Waals surface area (Å²) in [5, 5.41) is 7.14. The Morgan fingerprint density at radius 1 is 1.36 bits per heavy atom. The molecule has 0 spiro atoms. The first kappa shape index (κ1) is 18.2. The normalized spacial score (nSPS) is 11.5. The van der Waals surface area contributed by atoms with Gasteiger partial charge in [-0.05, 0) is 36.8 Å². The van der Waals surface area contributed by atoms with Crippen molar-refractivity contribution in [3.05, 3.63) is 48.3 Å². The van der Waals surface area contributed by atoms with E-state index in [-0.39, 0.29) is 24.4 Å². The van der Waals surface area contributed by atoms with Gasteiger partial charge in [0.15, 0.2) is 0 Å². The van der Waals surface area contributed by atoms with Crippen molar-refractivity contribution in [3.63, 3.8) is 0 Å². The summed E-state index contributed by atoms with van der Waals surface area (Å²) in [4.78, 5) is 12.2. The number of nitrogens with two attached hydrogens (primary N) is 1. The first-order valence-electron chi connectivity index (χ1n) is 7.35. The molecule has 120 valence electrons. The number of nitrogens with one attached hydrogen (secondary N) is 1. The molecule has 1 unspecified atom stereocenters. The van der Waals surface area contributed by atoms with Crippen LogP contribution in [0, 0.1) is 0 Å². The quantitative estimate of drug-likeness (QED) is 0.822. The third kappa shape index (κ3) is 4.86. The number of aromatic nitrogens is 2. The van der Waals surface area contributed by atoms with E-state index in [1.54, 1.807) is 23.0 Å². The van der Waals surface area contributed by atoms with Crippen molar-refractivity contribution in [1.29, 1.82) is 0 Å². The Morgan fingerprint density at radius 3 is 2.64 bits per heavy atom. The maximum Gasteiger partial charge on any atom is 0.251 e. The molecule has 0 aliphatic carbocycles. The molecule has 0 fully saturated rings. The predicted octanol–water partition coefficient (Wildman–Crippen LogP) is 2.54. The van der Waals surface area contributed by atoms with E-state index in [9.17, 15) is 4.79 Å². The maximum absolute atomic E-state index is 12.2. The first-order valence-corrected chi connectivity index (χ1v) is 7.35. The molecule has 0 bridgehead atoms. The molecule has 1 aromatic carbocycles. The number of hydrogen-bond donors (Lipinski definition) is 2. The van der Waals surface area contributed by atoms with Crippen LogP contribution < -0.4 is 11.1 Å². The minimum Gasteiger partial charge on any atom is -0.348 e. The Bertz CT molecular complexity index is 554. The van der Waals surface area contributed by atoms with E-state index in [1.807, 2.05) is 24.4 Å². The average Bonchev–Trinajstić information content (AvgIpc) is 3.05. The summed E-state index contributed by atoms with van der Waals surface area (Å²) in [6, 6.07) is 9.28. The number of benzene rings is 1. The van der Waals surface area contributed by atoms with Crippen molar-refractivity contribution < 1.29 is 4.79 Å². The van der Waals surface area contributed by atoms with Crippen LogP contribution in [-0.4, -0.2) is 28.3 Å². The molecular formula is C16H23ClN4O. The van der Waals surface area contributed by atoms with Crippen LogP contribution in [0.4, 0.5) is 0 Å². The SMILES string of the molecule is CCCCC(CN)NC(=O)c1ccc(-n2cccn2)cc1.Cl. The highest BCUT2D eigenvalue weighted by molar-refractivity contribution is 5.94. The number of hydrogen-bond acceptors (Lipinski definition) is 3. The van der Waals surface area contributed by atoms with Gasteiger partial charge in [-0.15, -0.1) is 12.4 Å². The highest BCUT2D eigenvalue weighted by Crippen LogP contribution is 2.09. The highest BCUT2D eigenvalue weighted by atomic mass is 35.5. The molecule has 1 amide bonds. The molecular weight excluding hydrogens is 300 g/mol. The third-order valence-electron chi connectivity index (χ3n) is 3.42. The van der Waals surface area contributed by atoms with Gasteiger partial charge in [0.25, 0.3) is 5.91 Å². The lowest BCUT2D eigenvalue weighted by Gasteiger charge is -2.16. The molecule has 1 aromatic heterocycles. The van der Waals surface area contributed by atoms with E-state index in [0.717, 1.165) is 24.9 Å². The monoisotopic (exact) mass is 322 g/mol. The molecule has 6 heteroatoms. The second-order valence-corrected chi connectivity index (χ2v) is 5.05. The van der Waals surface area contributed by atoms with Crippen LogP contribution >= 0.6 is 12.4 Å². The van der Waals surface area contributed by atoms with Crippen molar-refractivity contribution in [2.24, 2.45) is 5.73 Å². The number of halogens is 1. The Labute approximate surface area is 137 Å². The fourth-order valence-electron chi connectivity index (χ4n) is 2.16. The van der Waals surface area contributed by atoms with Gasteiger partial charge in [0.2, 0.25) is 0 Å². The van der Waals surface area contributed by atoms with Gasteiger partial charge in [-0.2, -0.15) is 5.10 Å². The van der Waals surface area contributed by atoms with Gasteiger partial charge in [-0.25, -0.2) is 4.68 Å². The summed E-state index contributed by atoms with van der Waals surface area (Å²) in [5.74, 6) is -0.0754. The molecule has 3 N–H and O–H groups in total. The predicted molar refractivity (Wildman–Crippen MR) is 90.6 cm³/mol. The van der Waals surface area contributed by atoms with Crippen molar-refractivity contribution in [1.82, 2.24) is 15.1 Å². The van der Waals surface area contributed by atoms with E-state index < -0.39 is 0 Å². The molecule has 1 atom stereocenters. The van der Waals surface area contributed by atoms with E-state index >= 15 is 0 Å². The summed E-state index contributed by atoms with van der Waals surface area (Å²) in [6.07, 6.45) is 6.68. The molecule has 2 aromatic rings. The van der Waals surface area contributed by atoms with E-state index in [2.05, 4.69) is 17.3 Å². The molecule has 0 saturated carbocycles. The minimum atomic E-state index is -0.0754. The second-order valence-electron chi connectivity index (χ2n) is 5.05. The third-order valence-corrected chi connectivity index (χ3v) is 3.42. The zero-order valence-electron chi connectivity index (χ0n) is 12.7. The van der Waals surface area contributed by atoms with Gasteiger partial charge < -0.3 is 11.1 Å². The number of nitrogens with zero attached hydrogens (tertiary/aromatic N) is 2. The molecule has 0 aliphatic rings. The number of carbonyl (C=O) groups excluding carboxylic acids is 1. The van der Waals surface area contributed by atoms with Crippen LogP contribution in [0.25, 0.3) is 5.69 Å². The Morgan fingerprint density at radius 2 is 2.09 bits per heavy atom. The number of carbonyl (C=O) groups is 1. The zero-order valence-corrected chi connectivity index (χ0v) is 13.6. The van der Waals surface area contributed by atoms with E-state index in [1.165, 1.54) is 0 Å². The molecule has 5 nitrogen and oxygen atoms in total. The molecule has 0 aliphatic heterocycles. The van der Waals surface area contributed by atoms with Crippen LogP contribution in [0.5, 0.6) is 0 Å². The van der Waals surface area contributed by atoms with Crippen LogP contribution in [0.2, 0.25) is 0 Å². The molecule has 1 heterocycles. The van der Waals surface area contributed by atoms with Crippen molar-refractivity contribution in [2.45, 2.75) is 32.2 Å². The smallest absolute Gasteiger partial charge is 0.251 e. The summed E-state index contributed by atoms with van der Waals surface area (Å²) in [5.41, 5.74) is 7.27. The molecule has 2 rings (SSSR count). The fraction of sp³-hybridized carbons (Fsp3) is 0.375. The highest BCUT2D eigenvalue weighted by Gasteiger charge is 2.12. The van der Waals surface area contributed by atoms with Gasteiger partial charge >= 0.3 is 0 Å². The summed E-state index contributed by atoms with van der Waals surface area (Å²) in [7, 11) is 0. The van der Waals surface area contributed by atoms with Crippen LogP contribution in [0.15, 0.2) is 42.7 Å². The minimum absolute atomic E-state index is 0. The van der Waals surface area contributed by atoms with Crippen molar-refractivity contribution >= 4 is 18.3 Å². The lowest BCUT2D eigenvalue weighted by Crippen LogP contribution is -2.40. The van der Waals surface area contributed by atoms with Crippen LogP contribution in [-0.2, 0) is 0 Å². The van der Waals surface area contributed by atoms with Crippen molar-refractivity contribution in [3.8, 4) is 5.69 Å². The largest absolute Gasteiger partial charge is 0.348 e. The average molecular weight is 323 g/mol. The topological polar surface area (TPSA) is 72.9 Å². The standard InChI is InChI=1S/C16H22N4O.ClH/c1-2-3-5-14(12-17)19-16(21)13-6-8-15(9-7-13)20-11-4-10-18-20;/h4,6-11,14H,2-3,5,12,17H2,1H3,(H,19,21);1H. The van der Waals surface area contributed by atoms with Crippen molar-refractivity contribution in [2.75, 3.05) is 6.54 Å². The summed E-state index contributed by atoms with van der Waals surface area (Å²) < 4.78 is 1.76. The van der Waals surface area contributed by atoms with E-state index in [0.29, 0.717) is 12.1 Å². The molecule has 0 saturated heterocycles. The summed E-state index contributed by atoms with van der Waals surface area (Å²) >= 11 is 0. The summed E-state index contributed by atoms with van der Waals surface area (Å²) in [6.45, 7) is 2.60. The molecule has 0 radical (unpaired) electrons. The van der Waals surface area contributed by atoms with Gasteiger partial charge in [-0.1, -0.05) is 19.8 Å². The van der Waals surface area contributed by atoms with Gasteiger partial charge in [0.1, 0.15) is 0 Å². The number of amides is 1. The Hall–Kier alpha value is -1.85. The second kappa shape index (κ2) is 9.23. The van der Waals surface area contributed by atoms with E-state index in [4.69, 9.17) is 5.73 Å². The first-order chi connectivity index (χ1) is 10.2. The van der Waals surface area contributed by atoms with Crippen LogP contribution in [0.1, 0.15) is 36.5 Å². The number of rotatable bonds is 7. The fourth-order valence-corrected chi connectivity index (χ4v) is 2.16. The van der Waals surface area contributed by atoms with Crippen LogP contribution in [0.3, 0.4) is 0 Å².